The number of alkyl carbamates (subject to hydrolysis) is 1. The fraction of sp³-hybridized carbons (Fsp3) is 0.500. The molecule has 0 aliphatic heterocycles. The highest BCUT2D eigenvalue weighted by Crippen LogP contribution is 2.23. The summed E-state index contributed by atoms with van der Waals surface area (Å²) in [7, 11) is 0. The molecule has 0 aliphatic carbocycles. The van der Waals surface area contributed by atoms with Crippen molar-refractivity contribution >= 4 is 6.09 Å². The number of halogens is 2. The zero-order valence-corrected chi connectivity index (χ0v) is 16.5. The Morgan fingerprint density at radius 1 is 1.25 bits per heavy atom. The maximum absolute atomic E-state index is 14.2. The van der Waals surface area contributed by atoms with Crippen LogP contribution < -0.4 is 10.6 Å². The number of nitrogens with one attached hydrogen (secondary N) is 3. The molecular weight excluding hydrogens is 366 g/mol. The highest BCUT2D eigenvalue weighted by molar-refractivity contribution is 5.67. The van der Waals surface area contributed by atoms with Crippen molar-refractivity contribution in [2.75, 3.05) is 6.54 Å². The predicted octanol–water partition coefficient (Wildman–Crippen LogP) is 4.21. The number of carbonyl (C=O) groups is 1. The third kappa shape index (κ3) is 7.64. The molecule has 1 unspecified atom stereocenters. The Morgan fingerprint density at radius 2 is 2.04 bits per heavy atom. The van der Waals surface area contributed by atoms with Crippen LogP contribution in [0.2, 0.25) is 0 Å². The summed E-state index contributed by atoms with van der Waals surface area (Å²) in [6.07, 6.45) is 3.28. The van der Waals surface area contributed by atoms with Gasteiger partial charge in [0.2, 0.25) is 0 Å². The zero-order valence-electron chi connectivity index (χ0n) is 16.5. The SMILES string of the molecule is CC(C)(C)OC(=O)NCCCCC(NCc1ccn[nH]1)c1ccc(F)cc1F. The van der Waals surface area contributed by atoms with E-state index >= 15 is 0 Å². The number of H-pyrrole nitrogens is 1. The van der Waals surface area contributed by atoms with Crippen molar-refractivity contribution in [3.05, 3.63) is 53.4 Å². The van der Waals surface area contributed by atoms with E-state index in [-0.39, 0.29) is 6.04 Å². The Balaban J connectivity index is 1.86. The summed E-state index contributed by atoms with van der Waals surface area (Å²) in [4.78, 5) is 11.6. The van der Waals surface area contributed by atoms with Crippen LogP contribution in [0.15, 0.2) is 30.5 Å². The van der Waals surface area contributed by atoms with Gasteiger partial charge in [0.25, 0.3) is 0 Å². The molecule has 1 heterocycles. The van der Waals surface area contributed by atoms with Crippen LogP contribution in [-0.4, -0.2) is 28.4 Å². The number of aromatic amines is 1. The van der Waals surface area contributed by atoms with Gasteiger partial charge in [-0.15, -0.1) is 0 Å². The molecule has 3 N–H and O–H groups in total. The second-order valence-corrected chi connectivity index (χ2v) is 7.61. The minimum Gasteiger partial charge on any atom is -0.444 e. The van der Waals surface area contributed by atoms with Crippen molar-refractivity contribution in [1.82, 2.24) is 20.8 Å². The monoisotopic (exact) mass is 394 g/mol. The van der Waals surface area contributed by atoms with Gasteiger partial charge >= 0.3 is 6.09 Å². The first-order valence-electron chi connectivity index (χ1n) is 9.38. The second kappa shape index (κ2) is 10.2. The van der Waals surface area contributed by atoms with Gasteiger partial charge in [0.05, 0.1) is 0 Å². The van der Waals surface area contributed by atoms with Gasteiger partial charge in [0, 0.05) is 42.7 Å². The summed E-state index contributed by atoms with van der Waals surface area (Å²) in [5.74, 6) is -1.18. The Hall–Kier alpha value is -2.48. The third-order valence-electron chi connectivity index (χ3n) is 4.02. The molecule has 0 bridgehead atoms. The third-order valence-corrected chi connectivity index (χ3v) is 4.02. The number of amides is 1. The van der Waals surface area contributed by atoms with Crippen molar-refractivity contribution in [3.8, 4) is 0 Å². The first-order chi connectivity index (χ1) is 13.2. The molecule has 28 heavy (non-hydrogen) atoms. The lowest BCUT2D eigenvalue weighted by molar-refractivity contribution is 0.0527. The van der Waals surface area contributed by atoms with Crippen molar-refractivity contribution < 1.29 is 18.3 Å². The molecule has 1 aromatic heterocycles. The first-order valence-corrected chi connectivity index (χ1v) is 9.38. The van der Waals surface area contributed by atoms with Gasteiger partial charge in [-0.3, -0.25) is 5.10 Å². The standard InChI is InChI=1S/C20H28F2N4O2/c1-20(2,3)28-19(27)23-10-5-4-6-18(24-13-15-9-11-25-26-15)16-8-7-14(21)12-17(16)22/h7-9,11-12,18,24H,4-6,10,13H2,1-3H3,(H,23,27)(H,25,26). The average molecular weight is 394 g/mol. The fourth-order valence-electron chi connectivity index (χ4n) is 2.75. The molecule has 0 spiro atoms. The molecule has 1 amide bonds. The number of hydrogen-bond acceptors (Lipinski definition) is 4. The lowest BCUT2D eigenvalue weighted by atomic mass is 10.00. The maximum Gasteiger partial charge on any atom is 0.407 e. The number of nitrogens with zero attached hydrogens (tertiary/aromatic N) is 1. The number of ether oxygens (including phenoxy) is 1. The molecule has 2 rings (SSSR count). The first kappa shape index (κ1) is 21.8. The minimum atomic E-state index is -0.602. The molecule has 1 atom stereocenters. The molecule has 0 fully saturated rings. The van der Waals surface area contributed by atoms with E-state index in [1.807, 2.05) is 6.07 Å². The van der Waals surface area contributed by atoms with Gasteiger partial charge in [0.15, 0.2) is 0 Å². The fourth-order valence-corrected chi connectivity index (χ4v) is 2.75. The quantitative estimate of drug-likeness (QED) is 0.557. The normalized spacial score (nSPS) is 12.6. The summed E-state index contributed by atoms with van der Waals surface area (Å²) in [5.41, 5.74) is 0.756. The molecule has 0 aliphatic rings. The number of benzene rings is 1. The molecule has 0 saturated carbocycles. The van der Waals surface area contributed by atoms with Gasteiger partial charge in [-0.05, 0) is 52.2 Å². The molecule has 6 nitrogen and oxygen atoms in total. The average Bonchev–Trinajstić information content (AvgIpc) is 3.10. The van der Waals surface area contributed by atoms with Crippen LogP contribution in [0.5, 0.6) is 0 Å². The molecule has 0 saturated heterocycles. The smallest absolute Gasteiger partial charge is 0.407 e. The van der Waals surface area contributed by atoms with E-state index in [4.69, 9.17) is 4.74 Å². The molecule has 154 valence electrons. The summed E-state index contributed by atoms with van der Waals surface area (Å²) in [5, 5.41) is 12.7. The van der Waals surface area contributed by atoms with Gasteiger partial charge in [0.1, 0.15) is 17.2 Å². The number of unbranched alkanes of at least 4 members (excludes halogenated alkanes) is 1. The van der Waals surface area contributed by atoms with E-state index in [9.17, 15) is 13.6 Å². The molecule has 0 radical (unpaired) electrons. The largest absolute Gasteiger partial charge is 0.444 e. The molecule has 1 aromatic carbocycles. The van der Waals surface area contributed by atoms with E-state index < -0.39 is 23.3 Å². The van der Waals surface area contributed by atoms with Crippen molar-refractivity contribution in [3.63, 3.8) is 0 Å². The van der Waals surface area contributed by atoms with Crippen LogP contribution >= 0.6 is 0 Å². The van der Waals surface area contributed by atoms with Crippen LogP contribution in [0, 0.1) is 11.6 Å². The van der Waals surface area contributed by atoms with E-state index in [1.165, 1.54) is 12.1 Å². The number of aromatic nitrogens is 2. The van der Waals surface area contributed by atoms with Crippen molar-refractivity contribution in [2.24, 2.45) is 0 Å². The minimum absolute atomic E-state index is 0.287. The molecule has 2 aromatic rings. The lowest BCUT2D eigenvalue weighted by Crippen LogP contribution is -2.33. The van der Waals surface area contributed by atoms with Crippen LogP contribution in [0.1, 0.15) is 57.3 Å². The summed E-state index contributed by atoms with van der Waals surface area (Å²) in [6, 6.07) is 5.16. The summed E-state index contributed by atoms with van der Waals surface area (Å²) in [6.45, 7) is 6.37. The highest BCUT2D eigenvalue weighted by atomic mass is 19.1. The lowest BCUT2D eigenvalue weighted by Gasteiger charge is -2.21. The van der Waals surface area contributed by atoms with Crippen LogP contribution in [0.3, 0.4) is 0 Å². The number of hydrogen-bond donors (Lipinski definition) is 3. The second-order valence-electron chi connectivity index (χ2n) is 7.61. The van der Waals surface area contributed by atoms with Crippen LogP contribution in [0.4, 0.5) is 13.6 Å². The Labute approximate surface area is 164 Å². The van der Waals surface area contributed by atoms with E-state index in [0.717, 1.165) is 18.2 Å². The van der Waals surface area contributed by atoms with Gasteiger partial charge in [-0.25, -0.2) is 13.6 Å². The Bertz CT molecular complexity index is 745. The summed E-state index contributed by atoms with van der Waals surface area (Å²) < 4.78 is 32.7. The number of rotatable bonds is 9. The Kier molecular flexibility index (Phi) is 7.92. The van der Waals surface area contributed by atoms with Crippen LogP contribution in [0.25, 0.3) is 0 Å². The topological polar surface area (TPSA) is 79.0 Å². The van der Waals surface area contributed by atoms with Crippen LogP contribution in [-0.2, 0) is 11.3 Å². The van der Waals surface area contributed by atoms with Crippen molar-refractivity contribution in [2.45, 2.75) is 58.2 Å². The van der Waals surface area contributed by atoms with Gasteiger partial charge in [-0.2, -0.15) is 5.10 Å². The highest BCUT2D eigenvalue weighted by Gasteiger charge is 2.17. The molecular formula is C20H28F2N4O2. The Morgan fingerprint density at radius 3 is 2.68 bits per heavy atom. The van der Waals surface area contributed by atoms with E-state index in [0.29, 0.717) is 31.5 Å². The van der Waals surface area contributed by atoms with Gasteiger partial charge in [-0.1, -0.05) is 6.07 Å². The predicted molar refractivity (Wildman–Crippen MR) is 103 cm³/mol. The zero-order chi connectivity index (χ0) is 20.6. The van der Waals surface area contributed by atoms with Crippen molar-refractivity contribution in [1.29, 1.82) is 0 Å². The molecule has 8 heteroatoms. The van der Waals surface area contributed by atoms with Gasteiger partial charge < -0.3 is 15.4 Å². The van der Waals surface area contributed by atoms with E-state index in [1.54, 1.807) is 27.0 Å². The van der Waals surface area contributed by atoms with E-state index in [2.05, 4.69) is 20.8 Å². The number of carbonyl (C=O) groups excluding carboxylic acids is 1. The summed E-state index contributed by atoms with van der Waals surface area (Å²) >= 11 is 0. The maximum atomic E-state index is 14.2.